The average Bonchev–Trinajstić information content (AvgIpc) is 2.39. The molecule has 0 bridgehead atoms. The van der Waals surface area contributed by atoms with E-state index in [1.54, 1.807) is 7.05 Å². The molecule has 0 saturated carbocycles. The van der Waals surface area contributed by atoms with Crippen LogP contribution >= 0.6 is 0 Å². The van der Waals surface area contributed by atoms with Gasteiger partial charge >= 0.3 is 6.01 Å². The van der Waals surface area contributed by atoms with Crippen molar-refractivity contribution in [3.05, 3.63) is 0 Å². The fourth-order valence-corrected chi connectivity index (χ4v) is 2.00. The second kappa shape index (κ2) is 5.84. The van der Waals surface area contributed by atoms with Gasteiger partial charge in [-0.1, -0.05) is 6.92 Å². The first-order chi connectivity index (χ1) is 8.72. The van der Waals surface area contributed by atoms with E-state index >= 15 is 0 Å². The summed E-state index contributed by atoms with van der Waals surface area (Å²) < 4.78 is 5.37. The molecule has 1 aromatic heterocycles. The highest BCUT2D eigenvalue weighted by molar-refractivity contribution is 5.38. The zero-order chi connectivity index (χ0) is 13.0. The highest BCUT2D eigenvalue weighted by Crippen LogP contribution is 2.22. The second-order valence-electron chi connectivity index (χ2n) is 4.59. The number of aromatic nitrogens is 3. The summed E-state index contributed by atoms with van der Waals surface area (Å²) in [4.78, 5) is 15.1. The number of piperidine rings is 1. The maximum absolute atomic E-state index is 5.37. The Morgan fingerprint density at radius 3 is 2.61 bits per heavy atom. The van der Waals surface area contributed by atoms with E-state index in [1.807, 2.05) is 6.92 Å². The van der Waals surface area contributed by atoms with Crippen LogP contribution in [0.25, 0.3) is 0 Å². The summed E-state index contributed by atoms with van der Waals surface area (Å²) in [6.45, 7) is 6.77. The number of anilines is 2. The molecule has 1 fully saturated rings. The Bertz CT molecular complexity index is 390. The van der Waals surface area contributed by atoms with E-state index in [4.69, 9.17) is 4.74 Å². The lowest BCUT2D eigenvalue weighted by Crippen LogP contribution is -2.34. The van der Waals surface area contributed by atoms with Gasteiger partial charge in [0.25, 0.3) is 0 Å². The van der Waals surface area contributed by atoms with Crippen molar-refractivity contribution >= 4 is 11.9 Å². The predicted molar refractivity (Wildman–Crippen MR) is 71.2 cm³/mol. The summed E-state index contributed by atoms with van der Waals surface area (Å²) >= 11 is 0. The molecule has 6 nitrogen and oxygen atoms in total. The van der Waals surface area contributed by atoms with Crippen LogP contribution in [0.1, 0.15) is 26.7 Å². The maximum Gasteiger partial charge on any atom is 0.323 e. The molecular weight excluding hydrogens is 230 g/mol. The topological polar surface area (TPSA) is 63.2 Å². The van der Waals surface area contributed by atoms with Crippen molar-refractivity contribution in [3.8, 4) is 6.01 Å². The van der Waals surface area contributed by atoms with E-state index in [0.29, 0.717) is 24.5 Å². The zero-order valence-electron chi connectivity index (χ0n) is 11.3. The third-order valence-electron chi connectivity index (χ3n) is 3.17. The molecule has 2 heterocycles. The number of hydrogen-bond acceptors (Lipinski definition) is 6. The molecular formula is C12H21N5O. The minimum absolute atomic E-state index is 0.394. The van der Waals surface area contributed by atoms with Crippen molar-refractivity contribution in [1.29, 1.82) is 0 Å². The Balaban J connectivity index is 2.17. The molecule has 2 rings (SSSR count). The van der Waals surface area contributed by atoms with Crippen LogP contribution in [0.15, 0.2) is 0 Å². The molecule has 1 aliphatic rings. The van der Waals surface area contributed by atoms with Gasteiger partial charge in [0.2, 0.25) is 11.9 Å². The molecule has 0 unspecified atom stereocenters. The summed E-state index contributed by atoms with van der Waals surface area (Å²) in [5.41, 5.74) is 0. The van der Waals surface area contributed by atoms with Crippen LogP contribution in [0.4, 0.5) is 11.9 Å². The summed E-state index contributed by atoms with van der Waals surface area (Å²) in [6, 6.07) is 0.394. The summed E-state index contributed by atoms with van der Waals surface area (Å²) in [5.74, 6) is 2.06. The Kier molecular flexibility index (Phi) is 4.17. The van der Waals surface area contributed by atoms with Crippen LogP contribution in [0, 0.1) is 5.92 Å². The predicted octanol–water partition coefficient (Wildman–Crippen LogP) is 1.55. The largest absolute Gasteiger partial charge is 0.464 e. The van der Waals surface area contributed by atoms with Gasteiger partial charge in [-0.3, -0.25) is 0 Å². The summed E-state index contributed by atoms with van der Waals surface area (Å²) in [5, 5.41) is 2.95. The Labute approximate surface area is 108 Å². The van der Waals surface area contributed by atoms with Crippen molar-refractivity contribution in [1.82, 2.24) is 15.0 Å². The maximum atomic E-state index is 5.37. The van der Waals surface area contributed by atoms with Gasteiger partial charge in [0.1, 0.15) is 0 Å². The zero-order valence-corrected chi connectivity index (χ0v) is 11.3. The number of nitrogens with zero attached hydrogens (tertiary/aromatic N) is 4. The van der Waals surface area contributed by atoms with Gasteiger partial charge in [0.05, 0.1) is 6.61 Å². The second-order valence-corrected chi connectivity index (χ2v) is 4.59. The van der Waals surface area contributed by atoms with Crippen molar-refractivity contribution in [2.24, 2.45) is 5.92 Å². The standard InChI is InChI=1S/C12H21N5O/c1-4-18-12-15-10(13-3)14-11(16-12)17-7-5-9(2)6-8-17/h9H,4-8H2,1-3H3,(H,13,14,15,16). The lowest BCUT2D eigenvalue weighted by molar-refractivity contribution is 0.311. The smallest absolute Gasteiger partial charge is 0.323 e. The average molecular weight is 251 g/mol. The summed E-state index contributed by atoms with van der Waals surface area (Å²) in [6.07, 6.45) is 2.37. The third kappa shape index (κ3) is 3.00. The normalized spacial score (nSPS) is 16.7. The van der Waals surface area contributed by atoms with E-state index in [0.717, 1.165) is 19.0 Å². The lowest BCUT2D eigenvalue weighted by Gasteiger charge is -2.30. The van der Waals surface area contributed by atoms with Crippen molar-refractivity contribution in [2.45, 2.75) is 26.7 Å². The van der Waals surface area contributed by atoms with Crippen LogP contribution in [0.2, 0.25) is 0 Å². The molecule has 0 aromatic carbocycles. The minimum Gasteiger partial charge on any atom is -0.464 e. The monoisotopic (exact) mass is 251 g/mol. The van der Waals surface area contributed by atoms with Crippen LogP contribution < -0.4 is 15.0 Å². The van der Waals surface area contributed by atoms with Gasteiger partial charge in [-0.2, -0.15) is 15.0 Å². The number of ether oxygens (including phenoxy) is 1. The van der Waals surface area contributed by atoms with Crippen LogP contribution in [-0.2, 0) is 0 Å². The Morgan fingerprint density at radius 1 is 1.28 bits per heavy atom. The van der Waals surface area contributed by atoms with E-state index < -0.39 is 0 Å². The number of rotatable bonds is 4. The van der Waals surface area contributed by atoms with E-state index in [-0.39, 0.29) is 0 Å². The fraction of sp³-hybridized carbons (Fsp3) is 0.750. The molecule has 100 valence electrons. The molecule has 0 aliphatic carbocycles. The Hall–Kier alpha value is -1.59. The van der Waals surface area contributed by atoms with Crippen LogP contribution in [0.5, 0.6) is 6.01 Å². The molecule has 0 atom stereocenters. The molecule has 1 saturated heterocycles. The quantitative estimate of drug-likeness (QED) is 0.876. The highest BCUT2D eigenvalue weighted by Gasteiger charge is 2.19. The van der Waals surface area contributed by atoms with Gasteiger partial charge in [-0.25, -0.2) is 0 Å². The van der Waals surface area contributed by atoms with E-state index in [9.17, 15) is 0 Å². The van der Waals surface area contributed by atoms with Crippen LogP contribution in [0.3, 0.4) is 0 Å². The molecule has 1 N–H and O–H groups in total. The fourth-order valence-electron chi connectivity index (χ4n) is 2.00. The molecule has 1 aromatic rings. The first kappa shape index (κ1) is 12.9. The first-order valence-corrected chi connectivity index (χ1v) is 6.54. The molecule has 6 heteroatoms. The van der Waals surface area contributed by atoms with Gasteiger partial charge in [-0.05, 0) is 25.7 Å². The van der Waals surface area contributed by atoms with Gasteiger partial charge in [0, 0.05) is 20.1 Å². The molecule has 18 heavy (non-hydrogen) atoms. The molecule has 1 aliphatic heterocycles. The minimum atomic E-state index is 0.394. The van der Waals surface area contributed by atoms with Gasteiger partial charge in [-0.15, -0.1) is 0 Å². The van der Waals surface area contributed by atoms with E-state index in [2.05, 4.69) is 32.1 Å². The van der Waals surface area contributed by atoms with Gasteiger partial charge < -0.3 is 15.0 Å². The van der Waals surface area contributed by atoms with Gasteiger partial charge in [0.15, 0.2) is 0 Å². The molecule has 0 radical (unpaired) electrons. The van der Waals surface area contributed by atoms with Crippen LogP contribution in [-0.4, -0.2) is 41.7 Å². The molecule has 0 amide bonds. The lowest BCUT2D eigenvalue weighted by atomic mass is 10.00. The Morgan fingerprint density at radius 2 is 2.00 bits per heavy atom. The van der Waals surface area contributed by atoms with Crippen molar-refractivity contribution in [2.75, 3.05) is 37.0 Å². The summed E-state index contributed by atoms with van der Waals surface area (Å²) in [7, 11) is 1.80. The van der Waals surface area contributed by atoms with E-state index in [1.165, 1.54) is 12.8 Å². The van der Waals surface area contributed by atoms with Crippen molar-refractivity contribution in [3.63, 3.8) is 0 Å². The number of hydrogen-bond donors (Lipinski definition) is 1. The highest BCUT2D eigenvalue weighted by atomic mass is 16.5. The number of nitrogens with one attached hydrogen (secondary N) is 1. The first-order valence-electron chi connectivity index (χ1n) is 6.54. The third-order valence-corrected chi connectivity index (χ3v) is 3.17. The molecule has 0 spiro atoms. The SMILES string of the molecule is CCOc1nc(NC)nc(N2CCC(C)CC2)n1. The van der Waals surface area contributed by atoms with Crippen molar-refractivity contribution < 1.29 is 4.74 Å².